The number of nitrogens with zero attached hydrogens (tertiary/aromatic N) is 2. The second kappa shape index (κ2) is 7.53. The standard InChI is InChI=1S/C28H18N2S/c1-2-10-20-19(8-1)9-7-13-21(20)27-22-11-3-4-12-23(22)28(24-15-17-29-18-25(24)27)31-26-14-5-6-16-30-26/h1-18H. The van der Waals surface area contributed by atoms with Crippen LogP contribution >= 0.6 is 11.8 Å². The molecule has 0 radical (unpaired) electrons. The first-order valence-electron chi connectivity index (χ1n) is 10.3. The van der Waals surface area contributed by atoms with Crippen LogP contribution in [0.4, 0.5) is 0 Å². The van der Waals surface area contributed by atoms with E-state index in [0.29, 0.717) is 0 Å². The van der Waals surface area contributed by atoms with Crippen LogP contribution in [0.3, 0.4) is 0 Å². The van der Waals surface area contributed by atoms with Gasteiger partial charge < -0.3 is 0 Å². The average Bonchev–Trinajstić information content (AvgIpc) is 2.84. The van der Waals surface area contributed by atoms with Crippen molar-refractivity contribution in [3.63, 3.8) is 0 Å². The van der Waals surface area contributed by atoms with Gasteiger partial charge in [-0.3, -0.25) is 4.98 Å². The second-order valence-electron chi connectivity index (χ2n) is 7.47. The summed E-state index contributed by atoms with van der Waals surface area (Å²) in [5.41, 5.74) is 2.47. The molecule has 0 unspecified atom stereocenters. The molecule has 0 saturated heterocycles. The van der Waals surface area contributed by atoms with E-state index >= 15 is 0 Å². The molecule has 0 amide bonds. The molecule has 0 fully saturated rings. The van der Waals surface area contributed by atoms with Crippen molar-refractivity contribution >= 4 is 44.1 Å². The Balaban J connectivity index is 1.75. The van der Waals surface area contributed by atoms with Gasteiger partial charge in [-0.25, -0.2) is 4.98 Å². The van der Waals surface area contributed by atoms with Gasteiger partial charge in [0.1, 0.15) is 5.03 Å². The number of hydrogen-bond acceptors (Lipinski definition) is 3. The highest BCUT2D eigenvalue weighted by Crippen LogP contribution is 2.45. The summed E-state index contributed by atoms with van der Waals surface area (Å²) >= 11 is 1.72. The highest BCUT2D eigenvalue weighted by molar-refractivity contribution is 7.99. The minimum absolute atomic E-state index is 0.990. The Morgan fingerprint density at radius 2 is 1.29 bits per heavy atom. The quantitative estimate of drug-likeness (QED) is 0.277. The number of rotatable bonds is 3. The van der Waals surface area contributed by atoms with Crippen molar-refractivity contribution in [2.75, 3.05) is 0 Å². The number of fused-ring (bicyclic) bond motifs is 3. The Labute approximate surface area is 184 Å². The van der Waals surface area contributed by atoms with Gasteiger partial charge in [0.15, 0.2) is 0 Å². The van der Waals surface area contributed by atoms with E-state index in [-0.39, 0.29) is 0 Å². The molecule has 0 aliphatic carbocycles. The maximum Gasteiger partial charge on any atom is 0.101 e. The lowest BCUT2D eigenvalue weighted by molar-refractivity contribution is 1.13. The molecule has 2 aromatic heterocycles. The maximum absolute atomic E-state index is 4.56. The number of aromatic nitrogens is 2. The first kappa shape index (κ1) is 18.1. The van der Waals surface area contributed by atoms with Crippen molar-refractivity contribution in [2.24, 2.45) is 0 Å². The van der Waals surface area contributed by atoms with Crippen molar-refractivity contribution in [2.45, 2.75) is 9.92 Å². The zero-order valence-corrected chi connectivity index (χ0v) is 17.5. The Kier molecular flexibility index (Phi) is 4.40. The molecule has 0 spiro atoms. The van der Waals surface area contributed by atoms with E-state index in [2.05, 4.69) is 88.8 Å². The molecule has 2 nitrogen and oxygen atoms in total. The summed E-state index contributed by atoms with van der Waals surface area (Å²) in [6.07, 6.45) is 5.73. The van der Waals surface area contributed by atoms with Crippen molar-refractivity contribution in [3.8, 4) is 11.1 Å². The highest BCUT2D eigenvalue weighted by Gasteiger charge is 2.17. The van der Waals surface area contributed by atoms with Crippen LogP contribution in [0.15, 0.2) is 120 Å². The van der Waals surface area contributed by atoms with Gasteiger partial charge in [0.25, 0.3) is 0 Å². The fourth-order valence-corrected chi connectivity index (χ4v) is 5.38. The molecule has 2 heterocycles. The summed E-state index contributed by atoms with van der Waals surface area (Å²) in [6.45, 7) is 0. The van der Waals surface area contributed by atoms with Gasteiger partial charge in [0, 0.05) is 28.9 Å². The van der Waals surface area contributed by atoms with Crippen LogP contribution in [0.1, 0.15) is 0 Å². The second-order valence-corrected chi connectivity index (χ2v) is 8.50. The number of benzene rings is 4. The predicted molar refractivity (Wildman–Crippen MR) is 131 cm³/mol. The topological polar surface area (TPSA) is 25.8 Å². The summed E-state index contributed by atoms with van der Waals surface area (Å²) in [6, 6.07) is 32.0. The maximum atomic E-state index is 4.56. The molecule has 0 aliphatic heterocycles. The van der Waals surface area contributed by atoms with Gasteiger partial charge in [-0.05, 0) is 56.3 Å². The van der Waals surface area contributed by atoms with Crippen molar-refractivity contribution in [1.29, 1.82) is 0 Å². The lowest BCUT2D eigenvalue weighted by Crippen LogP contribution is -1.91. The third-order valence-corrected chi connectivity index (χ3v) is 6.77. The molecule has 146 valence electrons. The summed E-state index contributed by atoms with van der Waals surface area (Å²) in [5.74, 6) is 0. The lowest BCUT2D eigenvalue weighted by Gasteiger charge is -2.17. The fourth-order valence-electron chi connectivity index (χ4n) is 4.34. The van der Waals surface area contributed by atoms with Gasteiger partial charge in [0.05, 0.1) is 0 Å². The van der Waals surface area contributed by atoms with Crippen LogP contribution in [-0.4, -0.2) is 9.97 Å². The zero-order valence-electron chi connectivity index (χ0n) is 16.7. The molecular weight excluding hydrogens is 396 g/mol. The fraction of sp³-hybridized carbons (Fsp3) is 0. The smallest absolute Gasteiger partial charge is 0.101 e. The van der Waals surface area contributed by atoms with Gasteiger partial charge >= 0.3 is 0 Å². The monoisotopic (exact) mass is 414 g/mol. The Morgan fingerprint density at radius 3 is 2.16 bits per heavy atom. The SMILES string of the molecule is c1ccc(Sc2c3ccccc3c(-c3cccc4ccccc34)c3cnccc23)nc1. The summed E-state index contributed by atoms with van der Waals surface area (Å²) < 4.78 is 0. The molecule has 6 aromatic rings. The van der Waals surface area contributed by atoms with E-state index in [9.17, 15) is 0 Å². The Hall–Kier alpha value is -3.69. The van der Waals surface area contributed by atoms with E-state index in [0.717, 1.165) is 10.4 Å². The van der Waals surface area contributed by atoms with Crippen molar-refractivity contribution in [1.82, 2.24) is 9.97 Å². The van der Waals surface area contributed by atoms with Crippen LogP contribution in [0.5, 0.6) is 0 Å². The van der Waals surface area contributed by atoms with Crippen LogP contribution in [0.2, 0.25) is 0 Å². The third kappa shape index (κ3) is 3.06. The first-order chi connectivity index (χ1) is 15.4. The predicted octanol–water partition coefficient (Wildman–Crippen LogP) is 7.75. The highest BCUT2D eigenvalue weighted by atomic mass is 32.2. The Bertz CT molecular complexity index is 1500. The van der Waals surface area contributed by atoms with E-state index in [1.807, 2.05) is 30.7 Å². The molecule has 0 bridgehead atoms. The molecule has 0 N–H and O–H groups in total. The largest absolute Gasteiger partial charge is 0.264 e. The van der Waals surface area contributed by atoms with Crippen molar-refractivity contribution < 1.29 is 0 Å². The summed E-state index contributed by atoms with van der Waals surface area (Å²) in [4.78, 5) is 10.3. The van der Waals surface area contributed by atoms with Crippen LogP contribution in [0, 0.1) is 0 Å². The van der Waals surface area contributed by atoms with Gasteiger partial charge in [-0.1, -0.05) is 84.6 Å². The molecule has 31 heavy (non-hydrogen) atoms. The van der Waals surface area contributed by atoms with E-state index in [4.69, 9.17) is 0 Å². The van der Waals surface area contributed by atoms with Gasteiger partial charge in [-0.2, -0.15) is 0 Å². The Morgan fingerprint density at radius 1 is 0.548 bits per heavy atom. The molecule has 3 heteroatoms. The van der Waals surface area contributed by atoms with E-state index in [1.54, 1.807) is 11.8 Å². The number of hydrogen-bond donors (Lipinski definition) is 0. The summed E-state index contributed by atoms with van der Waals surface area (Å²) in [5, 5.41) is 8.32. The van der Waals surface area contributed by atoms with E-state index < -0.39 is 0 Å². The molecule has 4 aromatic carbocycles. The zero-order chi connectivity index (χ0) is 20.6. The first-order valence-corrected chi connectivity index (χ1v) is 11.1. The normalized spacial score (nSPS) is 11.4. The third-order valence-electron chi connectivity index (χ3n) is 5.68. The minimum Gasteiger partial charge on any atom is -0.264 e. The van der Waals surface area contributed by atoms with Crippen LogP contribution in [0.25, 0.3) is 43.4 Å². The van der Waals surface area contributed by atoms with Crippen LogP contribution in [-0.2, 0) is 0 Å². The van der Waals surface area contributed by atoms with Crippen LogP contribution < -0.4 is 0 Å². The van der Waals surface area contributed by atoms with Gasteiger partial charge in [0.2, 0.25) is 0 Å². The molecule has 6 rings (SSSR count). The molecule has 0 atom stereocenters. The average molecular weight is 415 g/mol. The lowest BCUT2D eigenvalue weighted by atomic mass is 9.90. The summed E-state index contributed by atoms with van der Waals surface area (Å²) in [7, 11) is 0. The van der Waals surface area contributed by atoms with E-state index in [1.165, 1.54) is 43.0 Å². The molecule has 0 aliphatic rings. The van der Waals surface area contributed by atoms with Gasteiger partial charge in [-0.15, -0.1) is 0 Å². The number of pyridine rings is 2. The minimum atomic E-state index is 0.990. The van der Waals surface area contributed by atoms with Crippen molar-refractivity contribution in [3.05, 3.63) is 110 Å². The molecule has 0 saturated carbocycles. The molecular formula is C28H18N2S.